The molecule has 1 N–H and O–H groups in total. The molecule has 1 aromatic carbocycles. The third kappa shape index (κ3) is 2.11. The second kappa shape index (κ2) is 3.91. The van der Waals surface area contributed by atoms with Gasteiger partial charge in [-0.05, 0) is 37.6 Å². The standard InChI is InChI=1S/C12H14F3NO/c1-16-11(5-6-11)8-3-4-9(12(13,14)15)10(7-8)17-2/h3-4,7,16H,5-6H2,1-2H3. The van der Waals surface area contributed by atoms with Gasteiger partial charge in [0.05, 0.1) is 12.7 Å². The highest BCUT2D eigenvalue weighted by Crippen LogP contribution is 2.47. The molecule has 17 heavy (non-hydrogen) atoms. The van der Waals surface area contributed by atoms with E-state index in [1.165, 1.54) is 19.2 Å². The first-order valence-electron chi connectivity index (χ1n) is 5.37. The highest BCUT2D eigenvalue weighted by Gasteiger charge is 2.44. The van der Waals surface area contributed by atoms with Crippen molar-refractivity contribution in [1.29, 1.82) is 0 Å². The normalized spacial score (nSPS) is 17.9. The van der Waals surface area contributed by atoms with Crippen LogP contribution in [0.3, 0.4) is 0 Å². The van der Waals surface area contributed by atoms with Gasteiger partial charge in [0.15, 0.2) is 0 Å². The van der Waals surface area contributed by atoms with Gasteiger partial charge in [0, 0.05) is 5.54 Å². The van der Waals surface area contributed by atoms with Crippen LogP contribution in [0.2, 0.25) is 0 Å². The Kier molecular flexibility index (Phi) is 2.81. The maximum absolute atomic E-state index is 12.7. The molecule has 1 fully saturated rings. The summed E-state index contributed by atoms with van der Waals surface area (Å²) in [6, 6.07) is 4.09. The zero-order chi connectivity index (χ0) is 12.7. The Balaban J connectivity index is 2.42. The van der Waals surface area contributed by atoms with E-state index in [9.17, 15) is 13.2 Å². The molecule has 0 bridgehead atoms. The molecule has 94 valence electrons. The fraction of sp³-hybridized carbons (Fsp3) is 0.500. The average Bonchev–Trinajstić information content (AvgIpc) is 3.08. The molecule has 1 saturated carbocycles. The summed E-state index contributed by atoms with van der Waals surface area (Å²) in [5.74, 6) is -0.114. The van der Waals surface area contributed by atoms with E-state index in [1.807, 2.05) is 7.05 Å². The largest absolute Gasteiger partial charge is 0.496 e. The molecule has 5 heteroatoms. The number of hydrogen-bond donors (Lipinski definition) is 1. The summed E-state index contributed by atoms with van der Waals surface area (Å²) >= 11 is 0. The molecule has 0 aromatic heterocycles. The van der Waals surface area contributed by atoms with Gasteiger partial charge in [-0.3, -0.25) is 0 Å². The van der Waals surface area contributed by atoms with Crippen LogP contribution in [0.4, 0.5) is 13.2 Å². The fourth-order valence-electron chi connectivity index (χ4n) is 2.03. The van der Waals surface area contributed by atoms with Crippen LogP contribution in [-0.4, -0.2) is 14.2 Å². The maximum atomic E-state index is 12.7. The first-order chi connectivity index (χ1) is 7.93. The third-order valence-electron chi connectivity index (χ3n) is 3.29. The number of nitrogens with one attached hydrogen (secondary N) is 1. The van der Waals surface area contributed by atoms with E-state index in [0.717, 1.165) is 24.5 Å². The van der Waals surface area contributed by atoms with Crippen molar-refractivity contribution in [2.24, 2.45) is 0 Å². The number of alkyl halides is 3. The summed E-state index contributed by atoms with van der Waals surface area (Å²) in [6.45, 7) is 0. The average molecular weight is 245 g/mol. The number of halogens is 3. The fourth-order valence-corrected chi connectivity index (χ4v) is 2.03. The highest BCUT2D eigenvalue weighted by molar-refractivity contribution is 5.43. The first-order valence-corrected chi connectivity index (χ1v) is 5.37. The minimum Gasteiger partial charge on any atom is -0.496 e. The topological polar surface area (TPSA) is 21.3 Å². The van der Waals surface area contributed by atoms with E-state index in [1.54, 1.807) is 0 Å². The van der Waals surface area contributed by atoms with E-state index in [4.69, 9.17) is 4.74 Å². The van der Waals surface area contributed by atoms with Gasteiger partial charge in [0.1, 0.15) is 5.75 Å². The number of hydrogen-bond acceptors (Lipinski definition) is 2. The van der Waals surface area contributed by atoms with Crippen LogP contribution in [0.15, 0.2) is 18.2 Å². The first kappa shape index (κ1) is 12.2. The molecule has 2 rings (SSSR count). The van der Waals surface area contributed by atoms with Crippen molar-refractivity contribution in [2.75, 3.05) is 14.2 Å². The lowest BCUT2D eigenvalue weighted by atomic mass is 10.0. The van der Waals surface area contributed by atoms with E-state index in [-0.39, 0.29) is 11.3 Å². The lowest BCUT2D eigenvalue weighted by Crippen LogP contribution is -2.24. The zero-order valence-corrected chi connectivity index (χ0v) is 9.69. The molecule has 0 radical (unpaired) electrons. The summed E-state index contributed by atoms with van der Waals surface area (Å²) in [5, 5.41) is 3.14. The van der Waals surface area contributed by atoms with E-state index in [0.29, 0.717) is 0 Å². The van der Waals surface area contributed by atoms with Gasteiger partial charge in [-0.15, -0.1) is 0 Å². The molecule has 2 nitrogen and oxygen atoms in total. The Labute approximate surface area is 97.8 Å². The zero-order valence-electron chi connectivity index (χ0n) is 9.69. The molecule has 0 atom stereocenters. The predicted octanol–water partition coefficient (Wildman–Crippen LogP) is 2.92. The van der Waals surface area contributed by atoms with Crippen LogP contribution >= 0.6 is 0 Å². The number of ether oxygens (including phenoxy) is 1. The number of rotatable bonds is 3. The maximum Gasteiger partial charge on any atom is 0.419 e. The second-order valence-corrected chi connectivity index (χ2v) is 4.24. The molecule has 1 aliphatic carbocycles. The Morgan fingerprint density at radius 3 is 2.35 bits per heavy atom. The smallest absolute Gasteiger partial charge is 0.419 e. The monoisotopic (exact) mass is 245 g/mol. The Morgan fingerprint density at radius 2 is 1.94 bits per heavy atom. The molecule has 0 aliphatic heterocycles. The van der Waals surface area contributed by atoms with Gasteiger partial charge in [-0.25, -0.2) is 0 Å². The van der Waals surface area contributed by atoms with Crippen LogP contribution in [0.25, 0.3) is 0 Å². The quantitative estimate of drug-likeness (QED) is 0.884. The Bertz CT molecular complexity index is 424. The van der Waals surface area contributed by atoms with Crippen LogP contribution in [-0.2, 0) is 11.7 Å². The molecular formula is C12H14F3NO. The van der Waals surface area contributed by atoms with Gasteiger partial charge in [0.25, 0.3) is 0 Å². The van der Waals surface area contributed by atoms with Crippen molar-refractivity contribution in [3.63, 3.8) is 0 Å². The van der Waals surface area contributed by atoms with Gasteiger partial charge in [-0.2, -0.15) is 13.2 Å². The van der Waals surface area contributed by atoms with E-state index >= 15 is 0 Å². The Morgan fingerprint density at radius 1 is 1.29 bits per heavy atom. The highest BCUT2D eigenvalue weighted by atomic mass is 19.4. The van der Waals surface area contributed by atoms with Crippen molar-refractivity contribution >= 4 is 0 Å². The van der Waals surface area contributed by atoms with Crippen LogP contribution in [0.5, 0.6) is 5.75 Å². The van der Waals surface area contributed by atoms with Crippen LogP contribution < -0.4 is 10.1 Å². The summed E-state index contributed by atoms with van der Waals surface area (Å²) in [5.41, 5.74) is -0.0299. The van der Waals surface area contributed by atoms with Crippen molar-refractivity contribution in [3.05, 3.63) is 29.3 Å². The van der Waals surface area contributed by atoms with Crippen LogP contribution in [0, 0.1) is 0 Å². The van der Waals surface area contributed by atoms with E-state index in [2.05, 4.69) is 5.32 Å². The Hall–Kier alpha value is -1.23. The lowest BCUT2D eigenvalue weighted by Gasteiger charge is -2.18. The SMILES string of the molecule is CNC1(c2ccc(C(F)(F)F)c(OC)c2)CC1. The second-order valence-electron chi connectivity index (χ2n) is 4.24. The summed E-state index contributed by atoms with van der Waals surface area (Å²) in [4.78, 5) is 0. The number of methoxy groups -OCH3 is 1. The molecule has 0 heterocycles. The van der Waals surface area contributed by atoms with Gasteiger partial charge < -0.3 is 10.1 Å². The van der Waals surface area contributed by atoms with E-state index < -0.39 is 11.7 Å². The molecule has 0 amide bonds. The number of benzene rings is 1. The molecule has 1 aliphatic rings. The van der Waals surface area contributed by atoms with Gasteiger partial charge in [0.2, 0.25) is 0 Å². The van der Waals surface area contributed by atoms with Crippen molar-refractivity contribution in [3.8, 4) is 5.75 Å². The molecule has 0 unspecified atom stereocenters. The molecule has 1 aromatic rings. The molecule has 0 spiro atoms. The summed E-state index contributed by atoms with van der Waals surface area (Å²) in [7, 11) is 3.07. The van der Waals surface area contributed by atoms with Gasteiger partial charge >= 0.3 is 6.18 Å². The van der Waals surface area contributed by atoms with Crippen molar-refractivity contribution in [2.45, 2.75) is 24.6 Å². The molecule has 0 saturated heterocycles. The lowest BCUT2D eigenvalue weighted by molar-refractivity contribution is -0.138. The van der Waals surface area contributed by atoms with Crippen LogP contribution in [0.1, 0.15) is 24.0 Å². The van der Waals surface area contributed by atoms with Crippen molar-refractivity contribution in [1.82, 2.24) is 5.32 Å². The molecular weight excluding hydrogens is 231 g/mol. The minimum absolute atomic E-state index is 0.114. The third-order valence-corrected chi connectivity index (χ3v) is 3.29. The van der Waals surface area contributed by atoms with Crippen molar-refractivity contribution < 1.29 is 17.9 Å². The summed E-state index contributed by atoms with van der Waals surface area (Å²) < 4.78 is 42.8. The minimum atomic E-state index is -4.37. The van der Waals surface area contributed by atoms with Gasteiger partial charge in [-0.1, -0.05) is 6.07 Å². The predicted molar refractivity (Wildman–Crippen MR) is 58.0 cm³/mol. The summed E-state index contributed by atoms with van der Waals surface area (Å²) in [6.07, 6.45) is -2.49.